The number of anilines is 1. The van der Waals surface area contributed by atoms with Gasteiger partial charge in [0.1, 0.15) is 5.82 Å². The molecule has 0 aliphatic heterocycles. The van der Waals surface area contributed by atoms with E-state index in [1.165, 1.54) is 49.9 Å². The van der Waals surface area contributed by atoms with E-state index in [2.05, 4.69) is 24.5 Å². The molecule has 110 valence electrons. The Morgan fingerprint density at radius 2 is 1.80 bits per heavy atom. The molecule has 2 rings (SSSR count). The zero-order valence-corrected chi connectivity index (χ0v) is 12.9. The van der Waals surface area contributed by atoms with Gasteiger partial charge in [0.05, 0.1) is 11.0 Å². The molecule has 0 aliphatic carbocycles. The molecule has 1 heterocycles. The summed E-state index contributed by atoms with van der Waals surface area (Å²) in [6.07, 6.45) is 8.95. The van der Waals surface area contributed by atoms with Crippen LogP contribution in [0, 0.1) is 0 Å². The van der Waals surface area contributed by atoms with Crippen LogP contribution in [-0.2, 0) is 13.0 Å². The smallest absolute Gasteiger partial charge is 0.109 e. The normalized spacial score (nSPS) is 11.3. The van der Waals surface area contributed by atoms with Gasteiger partial charge < -0.3 is 10.3 Å². The van der Waals surface area contributed by atoms with Crippen molar-refractivity contribution in [1.82, 2.24) is 9.55 Å². The Morgan fingerprint density at radius 1 is 1.05 bits per heavy atom. The van der Waals surface area contributed by atoms with Gasteiger partial charge in [-0.05, 0) is 24.6 Å². The van der Waals surface area contributed by atoms with Crippen molar-refractivity contribution in [1.29, 1.82) is 0 Å². The third kappa shape index (κ3) is 3.53. The van der Waals surface area contributed by atoms with Crippen LogP contribution in [0.5, 0.6) is 0 Å². The minimum absolute atomic E-state index is 0.796. The Bertz CT molecular complexity index is 542. The summed E-state index contributed by atoms with van der Waals surface area (Å²) in [6, 6.07) is 6.06. The number of benzene rings is 1. The molecule has 0 aliphatic rings. The van der Waals surface area contributed by atoms with Crippen molar-refractivity contribution < 1.29 is 0 Å². The summed E-state index contributed by atoms with van der Waals surface area (Å²) in [5.74, 6) is 1.18. The van der Waals surface area contributed by atoms with E-state index in [0.29, 0.717) is 0 Å². The Morgan fingerprint density at radius 3 is 2.55 bits per heavy atom. The van der Waals surface area contributed by atoms with Gasteiger partial charge in [-0.1, -0.05) is 46.0 Å². The third-order valence-corrected chi connectivity index (χ3v) is 3.90. The van der Waals surface area contributed by atoms with Gasteiger partial charge in [0.25, 0.3) is 0 Å². The van der Waals surface area contributed by atoms with Crippen molar-refractivity contribution >= 4 is 16.7 Å². The number of hydrogen-bond donors (Lipinski definition) is 1. The van der Waals surface area contributed by atoms with Crippen LogP contribution in [0.1, 0.15) is 58.2 Å². The minimum atomic E-state index is 0.796. The first kappa shape index (κ1) is 14.9. The molecule has 0 atom stereocenters. The van der Waals surface area contributed by atoms with Crippen molar-refractivity contribution in [3.05, 3.63) is 24.0 Å². The molecule has 20 heavy (non-hydrogen) atoms. The third-order valence-electron chi connectivity index (χ3n) is 3.90. The van der Waals surface area contributed by atoms with Gasteiger partial charge >= 0.3 is 0 Å². The summed E-state index contributed by atoms with van der Waals surface area (Å²) in [5, 5.41) is 0. The molecule has 0 fully saturated rings. The van der Waals surface area contributed by atoms with Crippen molar-refractivity contribution in [2.24, 2.45) is 0 Å². The Labute approximate surface area is 122 Å². The Kier molecular flexibility index (Phi) is 5.45. The number of nitrogens with two attached hydrogens (primary N) is 1. The van der Waals surface area contributed by atoms with Crippen molar-refractivity contribution in [3.63, 3.8) is 0 Å². The molecule has 0 radical (unpaired) electrons. The lowest BCUT2D eigenvalue weighted by molar-refractivity contribution is 0.554. The molecule has 0 spiro atoms. The first-order valence-electron chi connectivity index (χ1n) is 8.01. The van der Waals surface area contributed by atoms with Gasteiger partial charge in [0.2, 0.25) is 0 Å². The van der Waals surface area contributed by atoms with E-state index in [1.54, 1.807) is 0 Å². The number of fused-ring (bicyclic) bond motifs is 1. The summed E-state index contributed by atoms with van der Waals surface area (Å²) in [7, 11) is 0. The van der Waals surface area contributed by atoms with Gasteiger partial charge in [-0.2, -0.15) is 0 Å². The molecular formula is C17H27N3. The maximum absolute atomic E-state index is 5.84. The van der Waals surface area contributed by atoms with E-state index < -0.39 is 0 Å². The zero-order valence-electron chi connectivity index (χ0n) is 12.9. The molecule has 0 bridgehead atoms. The van der Waals surface area contributed by atoms with Crippen LogP contribution in [-0.4, -0.2) is 9.55 Å². The van der Waals surface area contributed by atoms with Gasteiger partial charge in [0.15, 0.2) is 0 Å². The fourth-order valence-electron chi connectivity index (χ4n) is 2.77. The summed E-state index contributed by atoms with van der Waals surface area (Å²) in [6.45, 7) is 5.51. The fourth-order valence-corrected chi connectivity index (χ4v) is 2.77. The second-order valence-electron chi connectivity index (χ2n) is 5.55. The van der Waals surface area contributed by atoms with E-state index >= 15 is 0 Å². The fraction of sp³-hybridized carbons (Fsp3) is 0.588. The molecule has 1 aromatic heterocycles. The number of hydrogen-bond acceptors (Lipinski definition) is 2. The maximum atomic E-state index is 5.84. The molecule has 3 heteroatoms. The molecule has 0 saturated heterocycles. The van der Waals surface area contributed by atoms with Crippen LogP contribution in [0.2, 0.25) is 0 Å². The van der Waals surface area contributed by atoms with Gasteiger partial charge in [-0.15, -0.1) is 0 Å². The highest BCUT2D eigenvalue weighted by Crippen LogP contribution is 2.20. The largest absolute Gasteiger partial charge is 0.399 e. The molecule has 2 N–H and O–H groups in total. The number of imidazole rings is 1. The number of aromatic nitrogens is 2. The number of nitrogens with zero attached hydrogens (tertiary/aromatic N) is 2. The van der Waals surface area contributed by atoms with Crippen LogP contribution >= 0.6 is 0 Å². The Hall–Kier alpha value is -1.51. The minimum Gasteiger partial charge on any atom is -0.399 e. The maximum Gasteiger partial charge on any atom is 0.109 e. The van der Waals surface area contributed by atoms with Crippen LogP contribution < -0.4 is 5.73 Å². The van der Waals surface area contributed by atoms with Crippen LogP contribution in [0.4, 0.5) is 5.69 Å². The molecular weight excluding hydrogens is 246 g/mol. The summed E-state index contributed by atoms with van der Waals surface area (Å²) >= 11 is 0. The predicted octanol–water partition coefficient (Wildman–Crippen LogP) is 4.54. The lowest BCUT2D eigenvalue weighted by Crippen LogP contribution is -2.03. The number of aryl methyl sites for hydroxylation is 2. The second-order valence-corrected chi connectivity index (χ2v) is 5.55. The van der Waals surface area contributed by atoms with E-state index in [1.807, 2.05) is 12.1 Å². The van der Waals surface area contributed by atoms with Crippen LogP contribution in [0.3, 0.4) is 0 Å². The topological polar surface area (TPSA) is 43.8 Å². The highest BCUT2D eigenvalue weighted by molar-refractivity contribution is 5.79. The number of nitrogen functional groups attached to an aromatic ring is 1. The highest BCUT2D eigenvalue weighted by Gasteiger charge is 2.08. The highest BCUT2D eigenvalue weighted by atomic mass is 15.1. The SMILES string of the molecule is CCCCCCCCn1c(CC)nc2cc(N)ccc21. The van der Waals surface area contributed by atoms with Crippen molar-refractivity contribution in [3.8, 4) is 0 Å². The monoisotopic (exact) mass is 273 g/mol. The summed E-state index contributed by atoms with van der Waals surface area (Å²) < 4.78 is 2.37. The molecule has 1 aromatic carbocycles. The molecule has 3 nitrogen and oxygen atoms in total. The number of unbranched alkanes of at least 4 members (excludes halogenated alkanes) is 5. The summed E-state index contributed by atoms with van der Waals surface area (Å²) in [4.78, 5) is 4.70. The van der Waals surface area contributed by atoms with Crippen molar-refractivity contribution in [2.75, 3.05) is 5.73 Å². The molecule has 0 amide bonds. The van der Waals surface area contributed by atoms with E-state index in [-0.39, 0.29) is 0 Å². The van der Waals surface area contributed by atoms with Gasteiger partial charge in [-0.3, -0.25) is 0 Å². The van der Waals surface area contributed by atoms with E-state index in [0.717, 1.165) is 24.2 Å². The van der Waals surface area contributed by atoms with Crippen LogP contribution in [0.25, 0.3) is 11.0 Å². The van der Waals surface area contributed by atoms with Gasteiger partial charge in [0, 0.05) is 18.7 Å². The van der Waals surface area contributed by atoms with E-state index in [4.69, 9.17) is 10.7 Å². The molecule has 0 saturated carbocycles. The first-order chi connectivity index (χ1) is 9.76. The molecule has 2 aromatic rings. The lowest BCUT2D eigenvalue weighted by atomic mass is 10.1. The predicted molar refractivity (Wildman–Crippen MR) is 86.9 cm³/mol. The first-order valence-corrected chi connectivity index (χ1v) is 8.01. The van der Waals surface area contributed by atoms with Crippen LogP contribution in [0.15, 0.2) is 18.2 Å². The average Bonchev–Trinajstić information content (AvgIpc) is 2.79. The van der Waals surface area contributed by atoms with E-state index in [9.17, 15) is 0 Å². The van der Waals surface area contributed by atoms with Crippen molar-refractivity contribution in [2.45, 2.75) is 65.3 Å². The lowest BCUT2D eigenvalue weighted by Gasteiger charge is -2.08. The standard InChI is InChI=1S/C17H27N3/c1-3-5-6-7-8-9-12-20-16-11-10-14(18)13-15(16)19-17(20)4-2/h10-11,13H,3-9,12,18H2,1-2H3. The molecule has 0 unspecified atom stereocenters. The number of rotatable bonds is 8. The quantitative estimate of drug-likeness (QED) is 0.567. The van der Waals surface area contributed by atoms with Gasteiger partial charge in [-0.25, -0.2) is 4.98 Å². The average molecular weight is 273 g/mol. The summed E-state index contributed by atoms with van der Waals surface area (Å²) in [5.41, 5.74) is 8.90. The second kappa shape index (κ2) is 7.32. The zero-order chi connectivity index (χ0) is 14.4. The Balaban J connectivity index is 2.01.